The largest absolute Gasteiger partial charge is 0.504 e. The number of nitrogens with zero attached hydrogens (tertiary/aromatic N) is 6. The Labute approximate surface area is 374 Å². The zero-order chi connectivity index (χ0) is 47.2. The van der Waals surface area contributed by atoms with Crippen molar-refractivity contribution in [2.45, 2.75) is 19.6 Å². The van der Waals surface area contributed by atoms with E-state index in [2.05, 4.69) is 36.0 Å². The second kappa shape index (κ2) is 17.2. The van der Waals surface area contributed by atoms with Gasteiger partial charge in [0, 0.05) is 38.3 Å². The molecule has 0 heterocycles. The van der Waals surface area contributed by atoms with Crippen LogP contribution in [0, 0.1) is 0 Å². The number of hydrogen-bond donors (Lipinski definition) is 6. The Kier molecular flexibility index (Phi) is 11.8. The summed E-state index contributed by atoms with van der Waals surface area (Å²) >= 11 is 0. The molecular weight excluding hydrogens is 939 g/mol. The number of phenols is 1. The van der Waals surface area contributed by atoms with Crippen molar-refractivity contribution >= 4 is 118 Å². The number of aromatic hydroxyl groups is 1. The van der Waals surface area contributed by atoms with Crippen LogP contribution in [0.1, 0.15) is 0 Å². The Bertz CT molecular complexity index is 3870. The molecule has 0 atom stereocenters. The lowest BCUT2D eigenvalue weighted by Gasteiger charge is -2.12. The highest BCUT2D eigenvalue weighted by Crippen LogP contribution is 2.44. The predicted molar refractivity (Wildman–Crippen MR) is 241 cm³/mol. The fraction of sp³-hybridized carbons (Fsp3) is 0. The molecule has 0 bridgehead atoms. The van der Waals surface area contributed by atoms with Crippen LogP contribution in [-0.2, 0) is 40.5 Å². The van der Waals surface area contributed by atoms with Gasteiger partial charge in [0.2, 0.25) is 0 Å². The Morgan fingerprint density at radius 1 is 0.364 bits per heavy atom. The van der Waals surface area contributed by atoms with Gasteiger partial charge in [-0.05, 0) is 96.4 Å². The summed E-state index contributed by atoms with van der Waals surface area (Å²) in [4.78, 5) is -2.92. The van der Waals surface area contributed by atoms with Crippen LogP contribution < -0.4 is 5.32 Å². The summed E-state index contributed by atoms with van der Waals surface area (Å²) in [6.07, 6.45) is 0. The minimum Gasteiger partial charge on any atom is -0.504 e. The number of para-hydroxylation sites is 1. The number of azo groups is 3. The van der Waals surface area contributed by atoms with Crippen LogP contribution in [0.25, 0.3) is 32.3 Å². The van der Waals surface area contributed by atoms with E-state index in [1.165, 1.54) is 30.3 Å². The van der Waals surface area contributed by atoms with E-state index in [4.69, 9.17) is 0 Å². The van der Waals surface area contributed by atoms with E-state index < -0.39 is 71.5 Å². The third-order valence-corrected chi connectivity index (χ3v) is 13.3. The smallest absolute Gasteiger partial charge is 0.298 e. The van der Waals surface area contributed by atoms with E-state index in [0.29, 0.717) is 39.4 Å². The lowest BCUT2D eigenvalue weighted by Crippen LogP contribution is -2.02. The summed E-state index contributed by atoms with van der Waals surface area (Å²) in [5.74, 6) is -0.835. The van der Waals surface area contributed by atoms with Gasteiger partial charge in [0.15, 0.2) is 5.75 Å². The fourth-order valence-corrected chi connectivity index (χ4v) is 8.99. The van der Waals surface area contributed by atoms with Gasteiger partial charge in [0.25, 0.3) is 40.5 Å². The second-order valence-corrected chi connectivity index (χ2v) is 19.7. The fourth-order valence-electron chi connectivity index (χ4n) is 6.76. The van der Waals surface area contributed by atoms with Gasteiger partial charge in [0.1, 0.15) is 21.2 Å². The van der Waals surface area contributed by atoms with E-state index in [1.807, 2.05) is 30.3 Å². The van der Waals surface area contributed by atoms with Crippen molar-refractivity contribution in [3.05, 3.63) is 140 Å². The first-order chi connectivity index (χ1) is 31.1. The number of fused-ring (bicyclic) bond motifs is 3. The molecule has 8 aromatic rings. The molecule has 0 spiro atoms. The zero-order valence-corrected chi connectivity index (χ0v) is 36.4. The molecule has 0 aromatic heterocycles. The van der Waals surface area contributed by atoms with Crippen molar-refractivity contribution in [2.24, 2.45) is 30.7 Å². The number of hydrogen-bond acceptors (Lipinski definition) is 16. The van der Waals surface area contributed by atoms with Crippen LogP contribution in [0.5, 0.6) is 5.75 Å². The van der Waals surface area contributed by atoms with Crippen LogP contribution in [0.3, 0.4) is 0 Å². The normalized spacial score (nSPS) is 12.9. The average Bonchev–Trinajstić information content (AvgIpc) is 3.26. The highest BCUT2D eigenvalue weighted by Gasteiger charge is 2.23. The van der Waals surface area contributed by atoms with E-state index in [0.717, 1.165) is 30.0 Å². The number of anilines is 2. The molecule has 0 radical (unpaired) electrons. The molecule has 0 saturated carbocycles. The molecule has 0 amide bonds. The lowest BCUT2D eigenvalue weighted by molar-refractivity contribution is 0.444. The Balaban J connectivity index is 1.18. The quantitative estimate of drug-likeness (QED) is 0.0490. The van der Waals surface area contributed by atoms with Crippen molar-refractivity contribution < 1.29 is 57.0 Å². The van der Waals surface area contributed by atoms with Gasteiger partial charge in [-0.1, -0.05) is 48.5 Å². The van der Waals surface area contributed by atoms with Crippen molar-refractivity contribution in [3.8, 4) is 5.75 Å². The molecule has 0 aliphatic heterocycles. The lowest BCUT2D eigenvalue weighted by atomic mass is 10.1. The maximum atomic E-state index is 12.4. The zero-order valence-electron chi connectivity index (χ0n) is 33.1. The van der Waals surface area contributed by atoms with Crippen LogP contribution in [0.2, 0.25) is 0 Å². The molecule has 334 valence electrons. The van der Waals surface area contributed by atoms with E-state index in [1.54, 1.807) is 42.5 Å². The van der Waals surface area contributed by atoms with Gasteiger partial charge < -0.3 is 10.4 Å². The van der Waals surface area contributed by atoms with Gasteiger partial charge in [-0.25, -0.2) is 0 Å². The highest BCUT2D eigenvalue weighted by molar-refractivity contribution is 7.86. The van der Waals surface area contributed by atoms with E-state index in [-0.39, 0.29) is 39.2 Å². The second-order valence-electron chi connectivity index (χ2n) is 14.1. The van der Waals surface area contributed by atoms with Crippen LogP contribution >= 0.6 is 0 Å². The molecular formula is C42H29N7O13S4. The summed E-state index contributed by atoms with van der Waals surface area (Å²) < 4.78 is 136. The number of benzene rings is 8. The molecule has 8 rings (SSSR count). The molecule has 6 N–H and O–H groups in total. The van der Waals surface area contributed by atoms with E-state index >= 15 is 0 Å². The molecule has 66 heavy (non-hydrogen) atoms. The highest BCUT2D eigenvalue weighted by atomic mass is 32.2. The van der Waals surface area contributed by atoms with Crippen LogP contribution in [-0.4, -0.2) is 57.0 Å². The summed E-state index contributed by atoms with van der Waals surface area (Å²) in [5.41, 5.74) is 0.918. The monoisotopic (exact) mass is 967 g/mol. The minimum atomic E-state index is -4.97. The maximum absolute atomic E-state index is 12.4. The number of rotatable bonds is 12. The van der Waals surface area contributed by atoms with Gasteiger partial charge in [-0.2, -0.15) is 33.7 Å². The van der Waals surface area contributed by atoms with Crippen molar-refractivity contribution in [3.63, 3.8) is 0 Å². The standard InChI is InChI=1S/C42H29N7O13S4/c50-42-40(66(60,61)62)21-24-20-26(43-25-6-2-1-3-7-25)10-13-29(24)41(42)49-47-35-16-15-34(30-8-4-5-9-31(30)35)44-46-37-18-17-36(32-14-11-27(22-33(32)37)63(51,52)53)45-48-38-23-28(64(54,55)56)12-19-39(38)65(57,58)59/h1-23,43,50H,(H,51,52,53)(H,54,55,56)(H,57,58,59)(H,60,61,62). The first-order valence-corrected chi connectivity index (χ1v) is 24.4. The van der Waals surface area contributed by atoms with Crippen LogP contribution in [0.15, 0.2) is 190 Å². The topological polar surface area (TPSA) is 324 Å². The summed E-state index contributed by atoms with van der Waals surface area (Å²) in [6, 6.07) is 33.1. The van der Waals surface area contributed by atoms with Gasteiger partial charge in [0.05, 0.1) is 32.5 Å². The van der Waals surface area contributed by atoms with Gasteiger partial charge in [-0.3, -0.25) is 18.2 Å². The van der Waals surface area contributed by atoms with Crippen molar-refractivity contribution in [2.75, 3.05) is 5.32 Å². The minimum absolute atomic E-state index is 0.0393. The Morgan fingerprint density at radius 3 is 1.39 bits per heavy atom. The van der Waals surface area contributed by atoms with Gasteiger partial charge >= 0.3 is 0 Å². The Morgan fingerprint density at radius 2 is 0.833 bits per heavy atom. The molecule has 0 aliphatic rings. The SMILES string of the molecule is O=S(=O)(O)c1ccc(S(=O)(=O)O)c(N=Nc2ccc(N=Nc3ccc(N=Nc4c(O)c(S(=O)(=O)O)cc5cc(Nc6ccccc6)ccc45)c4ccccc34)c3cc(S(=O)(=O)O)ccc23)c1. The first-order valence-electron chi connectivity index (χ1n) is 18.6. The summed E-state index contributed by atoms with van der Waals surface area (Å²) in [5, 5.41) is 41.2. The predicted octanol–water partition coefficient (Wildman–Crippen LogP) is 10.8. The van der Waals surface area contributed by atoms with Crippen molar-refractivity contribution in [1.82, 2.24) is 0 Å². The van der Waals surface area contributed by atoms with Crippen LogP contribution in [0.4, 0.5) is 45.5 Å². The van der Waals surface area contributed by atoms with Crippen molar-refractivity contribution in [1.29, 1.82) is 0 Å². The molecule has 24 heteroatoms. The average molecular weight is 968 g/mol. The van der Waals surface area contributed by atoms with Gasteiger partial charge in [-0.15, -0.1) is 30.7 Å². The molecule has 20 nitrogen and oxygen atoms in total. The molecule has 0 saturated heterocycles. The summed E-state index contributed by atoms with van der Waals surface area (Å²) in [6.45, 7) is 0. The molecule has 0 fully saturated rings. The summed E-state index contributed by atoms with van der Waals surface area (Å²) in [7, 11) is -19.5. The first kappa shape index (κ1) is 45.2. The molecule has 0 unspecified atom stereocenters. The third kappa shape index (κ3) is 9.51. The molecule has 0 aliphatic carbocycles. The molecule has 8 aromatic carbocycles. The Hall–Kier alpha value is -7.42. The maximum Gasteiger partial charge on any atom is 0.298 e. The van der Waals surface area contributed by atoms with E-state index in [9.17, 15) is 57.0 Å². The third-order valence-electron chi connectivity index (χ3n) is 9.80. The number of phenolic OH excluding ortho intramolecular Hbond substituents is 1. The number of nitrogens with one attached hydrogen (secondary N) is 1.